The molecule has 0 radical (unpaired) electrons. The van der Waals surface area contributed by atoms with Gasteiger partial charge in [-0.05, 0) is 25.0 Å². The van der Waals surface area contributed by atoms with Gasteiger partial charge in [0, 0.05) is 11.8 Å². The van der Waals surface area contributed by atoms with Crippen molar-refractivity contribution in [2.45, 2.75) is 43.8 Å². The van der Waals surface area contributed by atoms with Gasteiger partial charge in [-0.3, -0.25) is 4.79 Å². The zero-order valence-corrected chi connectivity index (χ0v) is 12.1. The van der Waals surface area contributed by atoms with Gasteiger partial charge in [-0.25, -0.2) is 0 Å². The number of hydrogen-bond acceptors (Lipinski definition) is 3. The number of carbonyl (C=O) groups excluding carboxylic acids is 1. The predicted octanol–water partition coefficient (Wildman–Crippen LogP) is 3.23. The van der Waals surface area contributed by atoms with Gasteiger partial charge in [0.2, 0.25) is 5.91 Å². The van der Waals surface area contributed by atoms with E-state index in [1.165, 1.54) is 18.2 Å². The number of alkyl halides is 3. The van der Waals surface area contributed by atoms with E-state index < -0.39 is 18.3 Å². The van der Waals surface area contributed by atoms with Gasteiger partial charge in [0.15, 0.2) is 6.61 Å². The van der Waals surface area contributed by atoms with E-state index in [9.17, 15) is 18.0 Å². The number of amides is 1. The molecule has 1 aromatic rings. The summed E-state index contributed by atoms with van der Waals surface area (Å²) in [6.45, 7) is -1.37. The maximum atomic E-state index is 12.3. The number of rotatable bonds is 4. The highest BCUT2D eigenvalue weighted by Gasteiger charge is 2.35. The Labute approximate surface area is 126 Å². The van der Waals surface area contributed by atoms with Crippen LogP contribution in [0.4, 0.5) is 18.9 Å². The van der Waals surface area contributed by atoms with Gasteiger partial charge in [-0.15, -0.1) is 0 Å². The Kier molecular flexibility index (Phi) is 4.95. The number of benzene rings is 1. The van der Waals surface area contributed by atoms with E-state index in [-0.39, 0.29) is 11.7 Å². The smallest absolute Gasteiger partial charge is 0.422 e. The molecule has 1 fully saturated rings. The summed E-state index contributed by atoms with van der Waals surface area (Å²) in [5, 5.41) is 2.66. The number of carbonyl (C=O) groups is 1. The Morgan fingerprint density at radius 1 is 1.27 bits per heavy atom. The molecule has 0 unspecified atom stereocenters. The molecule has 1 aliphatic carbocycles. The van der Waals surface area contributed by atoms with Gasteiger partial charge in [0.1, 0.15) is 5.75 Å². The molecule has 7 heteroatoms. The van der Waals surface area contributed by atoms with Crippen LogP contribution >= 0.6 is 0 Å². The molecule has 3 N–H and O–H groups in total. The highest BCUT2D eigenvalue weighted by Crippen LogP contribution is 2.28. The summed E-state index contributed by atoms with van der Waals surface area (Å²) < 4.78 is 41.1. The van der Waals surface area contributed by atoms with Crippen molar-refractivity contribution in [3.63, 3.8) is 0 Å². The van der Waals surface area contributed by atoms with E-state index in [0.29, 0.717) is 18.5 Å². The average Bonchev–Trinajstić information content (AvgIpc) is 2.46. The van der Waals surface area contributed by atoms with Crippen molar-refractivity contribution < 1.29 is 22.7 Å². The zero-order chi connectivity index (χ0) is 16.2. The Bertz CT molecular complexity index is 526. The van der Waals surface area contributed by atoms with Crippen molar-refractivity contribution in [1.29, 1.82) is 0 Å². The molecule has 0 atom stereocenters. The summed E-state index contributed by atoms with van der Waals surface area (Å²) in [5.41, 5.74) is 5.59. The van der Waals surface area contributed by atoms with Crippen LogP contribution in [0.25, 0.3) is 0 Å². The summed E-state index contributed by atoms with van der Waals surface area (Å²) in [5.74, 6) is -0.259. The fraction of sp³-hybridized carbons (Fsp3) is 0.533. The van der Waals surface area contributed by atoms with Crippen LogP contribution in [0.2, 0.25) is 0 Å². The van der Waals surface area contributed by atoms with Gasteiger partial charge in [-0.2, -0.15) is 13.2 Å². The molecule has 1 aromatic carbocycles. The molecule has 22 heavy (non-hydrogen) atoms. The molecule has 1 aliphatic rings. The topological polar surface area (TPSA) is 64.4 Å². The third-order valence-corrected chi connectivity index (χ3v) is 3.69. The number of nitrogens with two attached hydrogens (primary N) is 1. The number of halogens is 3. The maximum absolute atomic E-state index is 12.3. The Morgan fingerprint density at radius 2 is 1.95 bits per heavy atom. The minimum Gasteiger partial charge on any atom is -0.484 e. The molecule has 0 aromatic heterocycles. The molecule has 0 heterocycles. The van der Waals surface area contributed by atoms with E-state index in [2.05, 4.69) is 10.1 Å². The molecule has 2 rings (SSSR count). The first-order valence-corrected chi connectivity index (χ1v) is 7.18. The Morgan fingerprint density at radius 3 is 2.59 bits per heavy atom. The van der Waals surface area contributed by atoms with E-state index in [4.69, 9.17) is 5.73 Å². The second kappa shape index (κ2) is 6.56. The largest absolute Gasteiger partial charge is 0.484 e. The van der Waals surface area contributed by atoms with E-state index in [0.717, 1.165) is 19.3 Å². The van der Waals surface area contributed by atoms with Crippen LogP contribution in [0, 0.1) is 0 Å². The molecule has 0 saturated heterocycles. The van der Waals surface area contributed by atoms with Gasteiger partial charge in [-0.1, -0.05) is 25.3 Å². The summed E-state index contributed by atoms with van der Waals surface area (Å²) in [7, 11) is 0. The van der Waals surface area contributed by atoms with Crippen molar-refractivity contribution in [3.05, 3.63) is 24.3 Å². The van der Waals surface area contributed by atoms with Crippen LogP contribution in [0.15, 0.2) is 24.3 Å². The van der Waals surface area contributed by atoms with Gasteiger partial charge >= 0.3 is 6.18 Å². The lowest BCUT2D eigenvalue weighted by molar-refractivity contribution is -0.153. The van der Waals surface area contributed by atoms with Gasteiger partial charge < -0.3 is 15.8 Å². The van der Waals surface area contributed by atoms with Crippen LogP contribution < -0.4 is 15.8 Å². The Balaban J connectivity index is 1.99. The lowest BCUT2D eigenvalue weighted by Crippen LogP contribution is -2.52. The predicted molar refractivity (Wildman–Crippen MR) is 76.6 cm³/mol. The zero-order valence-electron chi connectivity index (χ0n) is 12.1. The molecule has 0 aliphatic heterocycles. The standard InChI is InChI=1S/C15H19F3N2O2/c16-15(17,18)10-22-12-6-4-5-11(9-12)20-13(21)14(19)7-2-1-3-8-14/h4-6,9H,1-3,7-8,10,19H2,(H,20,21). The lowest BCUT2D eigenvalue weighted by Gasteiger charge is -2.31. The van der Waals surface area contributed by atoms with Crippen molar-refractivity contribution in [2.24, 2.45) is 5.73 Å². The molecule has 1 saturated carbocycles. The maximum Gasteiger partial charge on any atom is 0.422 e. The third kappa shape index (κ3) is 4.62. The second-order valence-corrected chi connectivity index (χ2v) is 5.60. The summed E-state index contributed by atoms with van der Waals surface area (Å²) in [6, 6.07) is 5.87. The van der Waals surface area contributed by atoms with Crippen LogP contribution in [0.5, 0.6) is 5.75 Å². The van der Waals surface area contributed by atoms with Crippen LogP contribution in [0.1, 0.15) is 32.1 Å². The van der Waals surface area contributed by atoms with Crippen molar-refractivity contribution in [1.82, 2.24) is 0 Å². The molecular weight excluding hydrogens is 297 g/mol. The second-order valence-electron chi connectivity index (χ2n) is 5.60. The van der Waals surface area contributed by atoms with Crippen LogP contribution in [-0.2, 0) is 4.79 Å². The van der Waals surface area contributed by atoms with Gasteiger partial charge in [0.05, 0.1) is 5.54 Å². The molecule has 0 spiro atoms. The van der Waals surface area contributed by atoms with Crippen molar-refractivity contribution in [3.8, 4) is 5.75 Å². The minimum atomic E-state index is -4.40. The highest BCUT2D eigenvalue weighted by atomic mass is 19.4. The lowest BCUT2D eigenvalue weighted by atomic mass is 9.82. The Hall–Kier alpha value is -1.76. The molecule has 122 valence electrons. The molecular formula is C15H19F3N2O2. The van der Waals surface area contributed by atoms with E-state index >= 15 is 0 Å². The van der Waals surface area contributed by atoms with Crippen molar-refractivity contribution >= 4 is 11.6 Å². The molecule has 1 amide bonds. The summed E-state index contributed by atoms with van der Waals surface area (Å²) in [4.78, 5) is 12.3. The van der Waals surface area contributed by atoms with Crippen LogP contribution in [-0.4, -0.2) is 24.2 Å². The number of nitrogens with one attached hydrogen (secondary N) is 1. The minimum absolute atomic E-state index is 0.0461. The van der Waals surface area contributed by atoms with Crippen molar-refractivity contribution in [2.75, 3.05) is 11.9 Å². The van der Waals surface area contributed by atoms with E-state index in [1.54, 1.807) is 6.07 Å². The highest BCUT2D eigenvalue weighted by molar-refractivity contribution is 5.98. The first kappa shape index (κ1) is 16.6. The molecule has 0 bridgehead atoms. The summed E-state index contributed by atoms with van der Waals surface area (Å²) in [6.07, 6.45) is -0.306. The average molecular weight is 316 g/mol. The normalized spacial score (nSPS) is 17.8. The first-order valence-electron chi connectivity index (χ1n) is 7.18. The SMILES string of the molecule is NC1(C(=O)Nc2cccc(OCC(F)(F)F)c2)CCCCC1. The number of anilines is 1. The molecule has 4 nitrogen and oxygen atoms in total. The monoisotopic (exact) mass is 316 g/mol. The fourth-order valence-corrected chi connectivity index (χ4v) is 2.49. The first-order chi connectivity index (χ1) is 10.3. The van der Waals surface area contributed by atoms with E-state index in [1.807, 2.05) is 0 Å². The quantitative estimate of drug-likeness (QED) is 0.896. The third-order valence-electron chi connectivity index (χ3n) is 3.69. The number of hydrogen-bond donors (Lipinski definition) is 2. The number of ether oxygens (including phenoxy) is 1. The summed E-state index contributed by atoms with van der Waals surface area (Å²) >= 11 is 0. The fourth-order valence-electron chi connectivity index (χ4n) is 2.49. The van der Waals surface area contributed by atoms with Crippen LogP contribution in [0.3, 0.4) is 0 Å². The van der Waals surface area contributed by atoms with Gasteiger partial charge in [0.25, 0.3) is 0 Å².